The van der Waals surface area contributed by atoms with Gasteiger partial charge in [-0.1, -0.05) is 12.1 Å². The fourth-order valence-corrected chi connectivity index (χ4v) is 1.80. The fourth-order valence-electron chi connectivity index (χ4n) is 1.80. The Balaban J connectivity index is 1.90. The number of nitrogen functional groups attached to an aromatic ring is 1. The Labute approximate surface area is 115 Å². The van der Waals surface area contributed by atoms with E-state index in [1.807, 2.05) is 0 Å². The first-order valence-electron chi connectivity index (χ1n) is 6.14. The summed E-state index contributed by atoms with van der Waals surface area (Å²) in [5.41, 5.74) is 6.42. The molecule has 3 nitrogen and oxygen atoms in total. The molecule has 2 rings (SSSR count). The highest BCUT2D eigenvalue weighted by Crippen LogP contribution is 2.12. The maximum Gasteiger partial charge on any atom is 0.251 e. The van der Waals surface area contributed by atoms with Crippen LogP contribution in [0.25, 0.3) is 0 Å². The second-order valence-electron chi connectivity index (χ2n) is 4.37. The molecule has 0 heterocycles. The number of hydrogen-bond acceptors (Lipinski definition) is 2. The molecule has 0 fully saturated rings. The summed E-state index contributed by atoms with van der Waals surface area (Å²) in [5, 5.41) is 2.67. The number of amides is 1. The molecule has 0 aliphatic carbocycles. The topological polar surface area (TPSA) is 55.1 Å². The molecule has 2 aromatic rings. The molecule has 0 unspecified atom stereocenters. The molecule has 3 N–H and O–H groups in total. The van der Waals surface area contributed by atoms with E-state index in [0.29, 0.717) is 18.5 Å². The highest BCUT2D eigenvalue weighted by molar-refractivity contribution is 5.95. The monoisotopic (exact) mass is 276 g/mol. The smallest absolute Gasteiger partial charge is 0.251 e. The number of rotatable bonds is 4. The van der Waals surface area contributed by atoms with E-state index in [1.165, 1.54) is 24.3 Å². The Morgan fingerprint density at radius 1 is 1.15 bits per heavy atom. The minimum Gasteiger partial charge on any atom is -0.396 e. The number of carbonyl (C=O) groups is 1. The zero-order chi connectivity index (χ0) is 14.5. The van der Waals surface area contributed by atoms with Gasteiger partial charge >= 0.3 is 0 Å². The van der Waals surface area contributed by atoms with Crippen molar-refractivity contribution in [2.45, 2.75) is 6.42 Å². The van der Waals surface area contributed by atoms with Gasteiger partial charge in [-0.3, -0.25) is 4.79 Å². The van der Waals surface area contributed by atoms with Crippen molar-refractivity contribution in [3.8, 4) is 0 Å². The van der Waals surface area contributed by atoms with Gasteiger partial charge in [-0.15, -0.1) is 0 Å². The first-order valence-corrected chi connectivity index (χ1v) is 6.14. The molecule has 0 aromatic heterocycles. The maximum atomic E-state index is 13.0. The summed E-state index contributed by atoms with van der Waals surface area (Å²) in [6, 6.07) is 9.98. The first kappa shape index (κ1) is 14.0. The summed E-state index contributed by atoms with van der Waals surface area (Å²) in [5.74, 6) is -1.20. The molecule has 1 amide bonds. The van der Waals surface area contributed by atoms with E-state index >= 15 is 0 Å². The summed E-state index contributed by atoms with van der Waals surface area (Å²) in [6.07, 6.45) is 0.514. The standard InChI is InChI=1S/C15H14F2N2O/c16-12-3-1-2-10(8-12)6-7-19-15(20)11-4-5-13(17)14(18)9-11/h1-5,8-9H,6-7,18H2,(H,19,20). The third-order valence-electron chi connectivity index (χ3n) is 2.85. The Bertz CT molecular complexity index is 629. The lowest BCUT2D eigenvalue weighted by Gasteiger charge is -2.06. The molecular formula is C15H14F2N2O. The number of anilines is 1. The van der Waals surface area contributed by atoms with Crippen molar-refractivity contribution in [2.24, 2.45) is 0 Å². The number of benzene rings is 2. The zero-order valence-corrected chi connectivity index (χ0v) is 10.7. The Hall–Kier alpha value is -2.43. The van der Waals surface area contributed by atoms with Crippen LogP contribution in [0.1, 0.15) is 15.9 Å². The molecule has 0 aliphatic rings. The lowest BCUT2D eigenvalue weighted by atomic mass is 10.1. The lowest BCUT2D eigenvalue weighted by molar-refractivity contribution is 0.0954. The van der Waals surface area contributed by atoms with Gasteiger partial charge in [-0.2, -0.15) is 0 Å². The van der Waals surface area contributed by atoms with Crippen LogP contribution in [0.3, 0.4) is 0 Å². The van der Waals surface area contributed by atoms with Crippen molar-refractivity contribution < 1.29 is 13.6 Å². The quantitative estimate of drug-likeness (QED) is 0.843. The zero-order valence-electron chi connectivity index (χ0n) is 10.7. The molecule has 0 spiro atoms. The number of nitrogens with one attached hydrogen (secondary N) is 1. The van der Waals surface area contributed by atoms with Gasteiger partial charge in [-0.25, -0.2) is 8.78 Å². The van der Waals surface area contributed by atoms with Crippen LogP contribution in [-0.4, -0.2) is 12.5 Å². The van der Waals surface area contributed by atoms with E-state index in [-0.39, 0.29) is 17.4 Å². The number of nitrogens with two attached hydrogens (primary N) is 1. The van der Waals surface area contributed by atoms with Crippen LogP contribution in [0.15, 0.2) is 42.5 Å². The van der Waals surface area contributed by atoms with Crippen molar-refractivity contribution in [2.75, 3.05) is 12.3 Å². The SMILES string of the molecule is Nc1cc(C(=O)NCCc2cccc(F)c2)ccc1F. The summed E-state index contributed by atoms with van der Waals surface area (Å²) in [4.78, 5) is 11.8. The molecular weight excluding hydrogens is 262 g/mol. The number of carbonyl (C=O) groups excluding carboxylic acids is 1. The van der Waals surface area contributed by atoms with Crippen molar-refractivity contribution in [3.05, 3.63) is 65.2 Å². The van der Waals surface area contributed by atoms with Gasteiger partial charge in [0.2, 0.25) is 0 Å². The van der Waals surface area contributed by atoms with Gasteiger partial charge in [0, 0.05) is 12.1 Å². The second kappa shape index (κ2) is 6.14. The fraction of sp³-hybridized carbons (Fsp3) is 0.133. The van der Waals surface area contributed by atoms with Crippen LogP contribution >= 0.6 is 0 Å². The summed E-state index contributed by atoms with van der Waals surface area (Å²) in [6.45, 7) is 0.361. The second-order valence-corrected chi connectivity index (χ2v) is 4.37. The van der Waals surface area contributed by atoms with Crippen LogP contribution in [-0.2, 0) is 6.42 Å². The average molecular weight is 276 g/mol. The molecule has 0 saturated carbocycles. The van der Waals surface area contributed by atoms with Crippen LogP contribution in [0.5, 0.6) is 0 Å². The predicted molar refractivity (Wildman–Crippen MR) is 73.2 cm³/mol. The largest absolute Gasteiger partial charge is 0.396 e. The van der Waals surface area contributed by atoms with E-state index in [9.17, 15) is 13.6 Å². The molecule has 0 saturated heterocycles. The van der Waals surface area contributed by atoms with Crippen molar-refractivity contribution in [1.82, 2.24) is 5.32 Å². The van der Waals surface area contributed by atoms with Crippen LogP contribution in [0.4, 0.5) is 14.5 Å². The molecule has 2 aromatic carbocycles. The van der Waals surface area contributed by atoms with Gasteiger partial charge < -0.3 is 11.1 Å². The summed E-state index contributed by atoms with van der Waals surface area (Å²) < 4.78 is 25.9. The third kappa shape index (κ3) is 3.54. The average Bonchev–Trinajstić information content (AvgIpc) is 2.42. The minimum atomic E-state index is -0.554. The Morgan fingerprint density at radius 3 is 2.65 bits per heavy atom. The van der Waals surface area contributed by atoms with Crippen molar-refractivity contribution >= 4 is 11.6 Å². The first-order chi connectivity index (χ1) is 9.56. The van der Waals surface area contributed by atoms with Crippen molar-refractivity contribution in [1.29, 1.82) is 0 Å². The normalized spacial score (nSPS) is 10.3. The molecule has 0 radical (unpaired) electrons. The Morgan fingerprint density at radius 2 is 1.95 bits per heavy atom. The number of halogens is 2. The maximum absolute atomic E-state index is 13.0. The predicted octanol–water partition coefficient (Wildman–Crippen LogP) is 2.52. The Kier molecular flexibility index (Phi) is 4.30. The summed E-state index contributed by atoms with van der Waals surface area (Å²) in [7, 11) is 0. The molecule has 5 heteroatoms. The summed E-state index contributed by atoms with van der Waals surface area (Å²) >= 11 is 0. The molecule has 20 heavy (non-hydrogen) atoms. The molecule has 0 aliphatic heterocycles. The van der Waals surface area contributed by atoms with Crippen molar-refractivity contribution in [3.63, 3.8) is 0 Å². The molecule has 104 valence electrons. The minimum absolute atomic E-state index is 0.0669. The van der Waals surface area contributed by atoms with Gasteiger partial charge in [0.05, 0.1) is 5.69 Å². The highest BCUT2D eigenvalue weighted by Gasteiger charge is 2.07. The highest BCUT2D eigenvalue weighted by atomic mass is 19.1. The van der Waals surface area contributed by atoms with E-state index in [4.69, 9.17) is 5.73 Å². The van der Waals surface area contributed by atoms with E-state index in [0.717, 1.165) is 11.6 Å². The van der Waals surface area contributed by atoms with Gasteiger partial charge in [0.25, 0.3) is 5.91 Å². The van der Waals surface area contributed by atoms with Crippen LogP contribution in [0, 0.1) is 11.6 Å². The van der Waals surface area contributed by atoms with Crippen LogP contribution in [0.2, 0.25) is 0 Å². The van der Waals surface area contributed by atoms with Gasteiger partial charge in [-0.05, 0) is 42.3 Å². The molecule has 0 bridgehead atoms. The molecule has 0 atom stereocenters. The van der Waals surface area contributed by atoms with E-state index in [2.05, 4.69) is 5.32 Å². The third-order valence-corrected chi connectivity index (χ3v) is 2.85. The van der Waals surface area contributed by atoms with Gasteiger partial charge in [0.15, 0.2) is 0 Å². The lowest BCUT2D eigenvalue weighted by Crippen LogP contribution is -2.25. The van der Waals surface area contributed by atoms with E-state index in [1.54, 1.807) is 12.1 Å². The van der Waals surface area contributed by atoms with Crippen LogP contribution < -0.4 is 11.1 Å². The van der Waals surface area contributed by atoms with E-state index < -0.39 is 5.82 Å². The van der Waals surface area contributed by atoms with Gasteiger partial charge in [0.1, 0.15) is 11.6 Å². The number of hydrogen-bond donors (Lipinski definition) is 2.